The van der Waals surface area contributed by atoms with Gasteiger partial charge in [0.05, 0.1) is 17.3 Å². The van der Waals surface area contributed by atoms with Crippen molar-refractivity contribution in [1.29, 1.82) is 5.26 Å². The summed E-state index contributed by atoms with van der Waals surface area (Å²) >= 11 is 0. The lowest BCUT2D eigenvalue weighted by atomic mass is 9.88. The first kappa shape index (κ1) is 20.4. The van der Waals surface area contributed by atoms with E-state index in [1.54, 1.807) is 12.1 Å². The van der Waals surface area contributed by atoms with E-state index in [4.69, 9.17) is 5.26 Å². The highest BCUT2D eigenvalue weighted by Gasteiger charge is 2.45. The summed E-state index contributed by atoms with van der Waals surface area (Å²) in [7, 11) is 0. The zero-order valence-electron chi connectivity index (χ0n) is 15.5. The molecule has 1 aromatic heterocycles. The summed E-state index contributed by atoms with van der Waals surface area (Å²) in [5.74, 6) is -3.79. The van der Waals surface area contributed by atoms with Crippen molar-refractivity contribution in [3.63, 3.8) is 0 Å². The van der Waals surface area contributed by atoms with Crippen molar-refractivity contribution in [1.82, 2.24) is 9.66 Å². The van der Waals surface area contributed by atoms with E-state index >= 15 is 0 Å². The third-order valence-electron chi connectivity index (χ3n) is 4.83. The lowest BCUT2D eigenvalue weighted by molar-refractivity contribution is -0.0623. The van der Waals surface area contributed by atoms with Gasteiger partial charge in [-0.05, 0) is 23.8 Å². The molecule has 3 aromatic rings. The van der Waals surface area contributed by atoms with Crippen molar-refractivity contribution in [3.05, 3.63) is 87.5 Å². The summed E-state index contributed by atoms with van der Waals surface area (Å²) < 4.78 is 69.0. The molecular weight excluding hydrogens is 419 g/mol. The fraction of sp³-hybridized carbons (Fsp3) is 0.143. The molecule has 0 saturated heterocycles. The average molecular weight is 430 g/mol. The number of alkyl halides is 3. The predicted octanol–water partition coefficient (Wildman–Crippen LogP) is 4.17. The number of nitrogens with zero attached hydrogens (tertiary/aromatic N) is 4. The molecule has 0 amide bonds. The molecule has 0 N–H and O–H groups in total. The molecule has 0 bridgehead atoms. The van der Waals surface area contributed by atoms with Gasteiger partial charge in [-0.25, -0.2) is 13.8 Å². The highest BCUT2D eigenvalue weighted by atomic mass is 19.4. The Balaban J connectivity index is 1.86. The number of halogens is 5. The van der Waals surface area contributed by atoms with Gasteiger partial charge in [0, 0.05) is 30.0 Å². The number of benzene rings is 2. The van der Waals surface area contributed by atoms with Crippen molar-refractivity contribution in [2.24, 2.45) is 5.10 Å². The quantitative estimate of drug-likeness (QED) is 0.573. The summed E-state index contributed by atoms with van der Waals surface area (Å²) in [4.78, 5) is 16.7. The first-order valence-electron chi connectivity index (χ1n) is 8.92. The molecule has 1 aliphatic heterocycles. The molecule has 156 valence electrons. The van der Waals surface area contributed by atoms with Crippen LogP contribution in [0.3, 0.4) is 0 Å². The van der Waals surface area contributed by atoms with Crippen LogP contribution in [0.4, 0.5) is 22.0 Å². The van der Waals surface area contributed by atoms with Crippen LogP contribution in [-0.4, -0.2) is 21.5 Å². The minimum atomic E-state index is -4.95. The van der Waals surface area contributed by atoms with Gasteiger partial charge in [-0.1, -0.05) is 18.2 Å². The second kappa shape index (κ2) is 7.43. The van der Waals surface area contributed by atoms with Gasteiger partial charge in [0.1, 0.15) is 17.5 Å². The molecule has 2 aromatic carbocycles. The molecule has 1 atom stereocenters. The maximum atomic E-state index is 14.3. The van der Waals surface area contributed by atoms with Gasteiger partial charge in [-0.2, -0.15) is 28.2 Å². The van der Waals surface area contributed by atoms with Crippen molar-refractivity contribution >= 4 is 5.71 Å². The van der Waals surface area contributed by atoms with Crippen LogP contribution >= 0.6 is 0 Å². The Morgan fingerprint density at radius 3 is 2.39 bits per heavy atom. The van der Waals surface area contributed by atoms with Crippen LogP contribution in [0.2, 0.25) is 0 Å². The number of hydrogen-bond donors (Lipinski definition) is 0. The highest BCUT2D eigenvalue weighted by molar-refractivity contribution is 5.96. The third-order valence-corrected chi connectivity index (χ3v) is 4.83. The predicted molar refractivity (Wildman–Crippen MR) is 100 cm³/mol. The number of hydrogen-bond acceptors (Lipinski definition) is 4. The first-order chi connectivity index (χ1) is 14.7. The minimum absolute atomic E-state index is 0.103. The first-order valence-corrected chi connectivity index (χ1v) is 8.92. The molecule has 1 aliphatic rings. The minimum Gasteiger partial charge on any atom is -0.267 e. The van der Waals surface area contributed by atoms with Crippen LogP contribution in [0.5, 0.6) is 0 Å². The van der Waals surface area contributed by atoms with Crippen LogP contribution in [-0.2, 0) is 6.42 Å². The van der Waals surface area contributed by atoms with Gasteiger partial charge in [-0.15, -0.1) is 0 Å². The van der Waals surface area contributed by atoms with Gasteiger partial charge in [0.2, 0.25) is 0 Å². The Kier molecular flexibility index (Phi) is 4.89. The SMILES string of the molecule is N#Cc1ccc(-c2cc(=O)n3c(n2)CC(c2ccc(F)cc2F)C(C(F)(F)F)=N3)cc1. The molecule has 1 unspecified atom stereocenters. The van der Waals surface area contributed by atoms with Crippen molar-refractivity contribution in [3.8, 4) is 17.3 Å². The topological polar surface area (TPSA) is 71.0 Å². The van der Waals surface area contributed by atoms with E-state index in [0.717, 1.165) is 18.2 Å². The summed E-state index contributed by atoms with van der Waals surface area (Å²) in [6.07, 6.45) is -5.42. The van der Waals surface area contributed by atoms with Gasteiger partial charge in [0.25, 0.3) is 5.56 Å². The van der Waals surface area contributed by atoms with Crippen LogP contribution in [0.25, 0.3) is 11.3 Å². The molecule has 31 heavy (non-hydrogen) atoms. The number of rotatable bonds is 2. The van der Waals surface area contributed by atoms with E-state index in [1.807, 2.05) is 6.07 Å². The molecule has 0 spiro atoms. The summed E-state index contributed by atoms with van der Waals surface area (Å²) in [5.41, 5.74) is -1.60. The molecule has 0 radical (unpaired) electrons. The van der Waals surface area contributed by atoms with Gasteiger partial charge >= 0.3 is 6.18 Å². The Morgan fingerprint density at radius 2 is 1.77 bits per heavy atom. The number of nitriles is 1. The Bertz CT molecular complexity index is 1300. The van der Waals surface area contributed by atoms with E-state index in [-0.39, 0.29) is 11.5 Å². The molecule has 0 fully saturated rings. The van der Waals surface area contributed by atoms with E-state index in [1.165, 1.54) is 12.1 Å². The summed E-state index contributed by atoms with van der Waals surface area (Å²) in [6.45, 7) is 0. The molecule has 0 aliphatic carbocycles. The zero-order chi connectivity index (χ0) is 22.3. The second-order valence-electron chi connectivity index (χ2n) is 6.80. The van der Waals surface area contributed by atoms with Crippen molar-refractivity contribution in [2.75, 3.05) is 0 Å². The molecular formula is C21H11F5N4O. The fourth-order valence-electron chi connectivity index (χ4n) is 3.38. The lowest BCUT2D eigenvalue weighted by Crippen LogP contribution is -2.39. The molecule has 0 saturated carbocycles. The average Bonchev–Trinajstić information content (AvgIpc) is 2.72. The highest BCUT2D eigenvalue weighted by Crippen LogP contribution is 2.35. The standard InChI is InChI=1S/C21H11F5N4O/c22-13-5-6-14(16(23)7-13)15-8-18-28-17(12-3-1-11(10-27)2-4-12)9-19(31)30(18)29-20(15)21(24,25)26/h1-7,9,15H,8H2. The smallest absolute Gasteiger partial charge is 0.267 e. The number of fused-ring (bicyclic) bond motifs is 1. The van der Waals surface area contributed by atoms with Crippen molar-refractivity contribution in [2.45, 2.75) is 18.5 Å². The van der Waals surface area contributed by atoms with E-state index in [9.17, 15) is 26.7 Å². The van der Waals surface area contributed by atoms with E-state index in [2.05, 4.69) is 10.1 Å². The fourth-order valence-corrected chi connectivity index (χ4v) is 3.38. The number of aromatic nitrogens is 2. The lowest BCUT2D eigenvalue weighted by Gasteiger charge is -2.26. The van der Waals surface area contributed by atoms with E-state index in [0.29, 0.717) is 21.9 Å². The van der Waals surface area contributed by atoms with E-state index < -0.39 is 47.0 Å². The second-order valence-corrected chi connectivity index (χ2v) is 6.80. The van der Waals surface area contributed by atoms with Gasteiger partial charge in [0.15, 0.2) is 5.71 Å². The van der Waals surface area contributed by atoms with Gasteiger partial charge in [-0.3, -0.25) is 4.79 Å². The van der Waals surface area contributed by atoms with Crippen LogP contribution in [0, 0.1) is 23.0 Å². The molecule has 5 nitrogen and oxygen atoms in total. The summed E-state index contributed by atoms with van der Waals surface area (Å²) in [6, 6.07) is 11.3. The monoisotopic (exact) mass is 430 g/mol. The Morgan fingerprint density at radius 1 is 1.06 bits per heavy atom. The molecule has 10 heteroatoms. The van der Waals surface area contributed by atoms with Crippen LogP contribution in [0.15, 0.2) is 58.4 Å². The third kappa shape index (κ3) is 3.82. The van der Waals surface area contributed by atoms with Gasteiger partial charge < -0.3 is 0 Å². The van der Waals surface area contributed by atoms with Crippen LogP contribution < -0.4 is 5.56 Å². The summed E-state index contributed by atoms with van der Waals surface area (Å²) in [5, 5.41) is 12.3. The Labute approximate surface area is 171 Å². The van der Waals surface area contributed by atoms with Crippen molar-refractivity contribution < 1.29 is 22.0 Å². The maximum absolute atomic E-state index is 14.3. The normalized spacial score (nSPS) is 15.7. The zero-order valence-corrected chi connectivity index (χ0v) is 15.5. The molecule has 2 heterocycles. The maximum Gasteiger partial charge on any atom is 0.431 e. The molecule has 4 rings (SSSR count). The largest absolute Gasteiger partial charge is 0.431 e. The van der Waals surface area contributed by atoms with Crippen LogP contribution in [0.1, 0.15) is 22.9 Å². The Hall–Kier alpha value is -3.87.